The fourth-order valence-corrected chi connectivity index (χ4v) is 6.11. The maximum absolute atomic E-state index is 12.7. The number of piperidine rings is 1. The summed E-state index contributed by atoms with van der Waals surface area (Å²) < 4.78 is 37.7. The van der Waals surface area contributed by atoms with Crippen LogP contribution in [-0.2, 0) is 26.1 Å². The molecule has 2 aromatic rings. The molecule has 0 unspecified atom stereocenters. The Bertz CT molecular complexity index is 1130. The van der Waals surface area contributed by atoms with E-state index >= 15 is 0 Å². The van der Waals surface area contributed by atoms with Crippen molar-refractivity contribution in [1.82, 2.24) is 14.5 Å². The van der Waals surface area contributed by atoms with E-state index in [4.69, 9.17) is 32.7 Å². The summed E-state index contributed by atoms with van der Waals surface area (Å²) in [6.45, 7) is 4.68. The molecule has 2 fully saturated rings. The van der Waals surface area contributed by atoms with Crippen molar-refractivity contribution in [2.24, 2.45) is 5.92 Å². The summed E-state index contributed by atoms with van der Waals surface area (Å²) in [5, 5.41) is 4.06. The quantitative estimate of drug-likeness (QED) is 0.477. The van der Waals surface area contributed by atoms with Crippen LogP contribution in [0.4, 0.5) is 0 Å². The van der Waals surface area contributed by atoms with Gasteiger partial charge in [0.2, 0.25) is 15.9 Å². The second-order valence-electron chi connectivity index (χ2n) is 8.93. The summed E-state index contributed by atoms with van der Waals surface area (Å²) in [5.41, 5.74) is 1.11. The van der Waals surface area contributed by atoms with Crippen molar-refractivity contribution in [3.05, 3.63) is 58.1 Å². The molecule has 196 valence electrons. The number of ether oxygens (including phenoxy) is 2. The monoisotopic (exact) mass is 555 g/mol. The largest absolute Gasteiger partial charge is 0.492 e. The van der Waals surface area contributed by atoms with Crippen LogP contribution in [0, 0.1) is 5.92 Å². The van der Waals surface area contributed by atoms with Crippen molar-refractivity contribution in [2.45, 2.75) is 24.3 Å². The van der Waals surface area contributed by atoms with E-state index in [1.54, 1.807) is 24.3 Å². The molecule has 2 saturated heterocycles. The topological polar surface area (TPSA) is 88.2 Å². The van der Waals surface area contributed by atoms with E-state index in [0.29, 0.717) is 55.2 Å². The molecule has 4 rings (SSSR count). The number of nitrogens with one attached hydrogen (secondary N) is 1. The smallest absolute Gasteiger partial charge is 0.243 e. The third kappa shape index (κ3) is 7.12. The van der Waals surface area contributed by atoms with Gasteiger partial charge in [-0.15, -0.1) is 0 Å². The lowest BCUT2D eigenvalue weighted by Crippen LogP contribution is -2.41. The fraction of sp³-hybridized carbons (Fsp3) is 0.480. The van der Waals surface area contributed by atoms with E-state index < -0.39 is 10.0 Å². The van der Waals surface area contributed by atoms with E-state index in [2.05, 4.69) is 10.2 Å². The van der Waals surface area contributed by atoms with Gasteiger partial charge in [0.15, 0.2) is 0 Å². The van der Waals surface area contributed by atoms with E-state index in [1.165, 1.54) is 4.31 Å². The second kappa shape index (κ2) is 12.6. The molecule has 11 heteroatoms. The van der Waals surface area contributed by atoms with Gasteiger partial charge >= 0.3 is 0 Å². The summed E-state index contributed by atoms with van der Waals surface area (Å²) in [5.74, 6) is 0.584. The van der Waals surface area contributed by atoms with Gasteiger partial charge in [0.05, 0.1) is 34.7 Å². The lowest BCUT2D eigenvalue weighted by atomic mass is 9.95. The number of nitrogens with zero attached hydrogens (tertiary/aromatic N) is 2. The van der Waals surface area contributed by atoms with Crippen LogP contribution in [0.1, 0.15) is 18.4 Å². The maximum Gasteiger partial charge on any atom is 0.243 e. The zero-order valence-corrected chi connectivity index (χ0v) is 22.3. The lowest BCUT2D eigenvalue weighted by molar-refractivity contribution is -0.126. The highest BCUT2D eigenvalue weighted by atomic mass is 35.5. The molecule has 36 heavy (non-hydrogen) atoms. The van der Waals surface area contributed by atoms with Gasteiger partial charge in [0.1, 0.15) is 12.4 Å². The highest BCUT2D eigenvalue weighted by molar-refractivity contribution is 7.89. The third-order valence-corrected chi connectivity index (χ3v) is 9.10. The van der Waals surface area contributed by atoms with Crippen LogP contribution in [0.3, 0.4) is 0 Å². The number of likely N-dealkylation sites (tertiary alicyclic amines) is 1. The van der Waals surface area contributed by atoms with Crippen molar-refractivity contribution in [3.63, 3.8) is 0 Å². The van der Waals surface area contributed by atoms with Gasteiger partial charge in [-0.25, -0.2) is 8.42 Å². The number of rotatable bonds is 9. The van der Waals surface area contributed by atoms with Gasteiger partial charge in [0.25, 0.3) is 0 Å². The predicted octanol–water partition coefficient (Wildman–Crippen LogP) is 3.42. The van der Waals surface area contributed by atoms with Crippen LogP contribution in [0.15, 0.2) is 47.4 Å². The number of amides is 1. The summed E-state index contributed by atoms with van der Waals surface area (Å²) in [6.07, 6.45) is 1.60. The van der Waals surface area contributed by atoms with Crippen LogP contribution in [0.2, 0.25) is 10.0 Å². The zero-order chi connectivity index (χ0) is 25.5. The molecule has 2 aromatic carbocycles. The van der Waals surface area contributed by atoms with Gasteiger partial charge in [-0.05, 0) is 67.9 Å². The normalized spacial score (nSPS) is 18.2. The maximum atomic E-state index is 12.7. The van der Waals surface area contributed by atoms with Crippen LogP contribution < -0.4 is 10.1 Å². The molecule has 8 nitrogen and oxygen atoms in total. The van der Waals surface area contributed by atoms with Crippen LogP contribution in [0.5, 0.6) is 5.75 Å². The molecule has 0 saturated carbocycles. The van der Waals surface area contributed by atoms with E-state index in [-0.39, 0.29) is 16.7 Å². The van der Waals surface area contributed by atoms with Gasteiger partial charge in [-0.3, -0.25) is 9.69 Å². The number of carbonyl (C=O) groups is 1. The molecule has 2 heterocycles. The number of halogens is 2. The average molecular weight is 557 g/mol. The highest BCUT2D eigenvalue weighted by Crippen LogP contribution is 2.25. The Labute approximate surface area is 222 Å². The Kier molecular flexibility index (Phi) is 9.49. The number of hydrogen-bond acceptors (Lipinski definition) is 6. The van der Waals surface area contributed by atoms with E-state index in [0.717, 1.165) is 38.0 Å². The van der Waals surface area contributed by atoms with E-state index in [9.17, 15) is 13.2 Å². The Morgan fingerprint density at radius 1 is 1.00 bits per heavy atom. The summed E-state index contributed by atoms with van der Waals surface area (Å²) in [6, 6.07) is 12.0. The molecule has 2 aliphatic heterocycles. The Morgan fingerprint density at radius 3 is 2.36 bits per heavy atom. The van der Waals surface area contributed by atoms with Gasteiger partial charge in [-0.1, -0.05) is 29.3 Å². The molecule has 0 radical (unpaired) electrons. The minimum Gasteiger partial charge on any atom is -0.492 e. The van der Waals surface area contributed by atoms with Crippen LogP contribution >= 0.6 is 23.2 Å². The predicted molar refractivity (Wildman–Crippen MR) is 139 cm³/mol. The number of carbonyl (C=O) groups excluding carboxylic acids is 1. The Balaban J connectivity index is 1.15. The Hall–Kier alpha value is -1.88. The molecule has 1 N–H and O–H groups in total. The summed E-state index contributed by atoms with van der Waals surface area (Å²) >= 11 is 12.1. The lowest BCUT2D eigenvalue weighted by Gasteiger charge is -2.31. The molecule has 0 aromatic heterocycles. The van der Waals surface area contributed by atoms with Crippen molar-refractivity contribution in [3.8, 4) is 5.75 Å². The molecule has 0 bridgehead atoms. The molecule has 0 atom stereocenters. The molecular formula is C25H31Cl2N3O5S. The fourth-order valence-electron chi connectivity index (χ4n) is 4.38. The first-order valence-electron chi connectivity index (χ1n) is 12.1. The molecule has 2 aliphatic rings. The minimum atomic E-state index is -3.53. The van der Waals surface area contributed by atoms with Gasteiger partial charge < -0.3 is 14.8 Å². The number of morpholine rings is 1. The number of hydrogen-bond donors (Lipinski definition) is 1. The minimum absolute atomic E-state index is 0.0141. The first-order chi connectivity index (χ1) is 17.3. The Morgan fingerprint density at radius 2 is 1.69 bits per heavy atom. The van der Waals surface area contributed by atoms with Crippen molar-refractivity contribution >= 4 is 39.1 Å². The number of benzene rings is 2. The number of sulfonamides is 1. The zero-order valence-electron chi connectivity index (χ0n) is 20.0. The van der Waals surface area contributed by atoms with E-state index in [1.807, 2.05) is 18.2 Å². The molecule has 1 amide bonds. The second-order valence-corrected chi connectivity index (χ2v) is 11.7. The molecular weight excluding hydrogens is 525 g/mol. The van der Waals surface area contributed by atoms with Crippen molar-refractivity contribution < 1.29 is 22.7 Å². The van der Waals surface area contributed by atoms with Gasteiger partial charge in [0, 0.05) is 25.6 Å². The van der Waals surface area contributed by atoms with Crippen molar-refractivity contribution in [2.75, 3.05) is 52.5 Å². The molecule has 0 spiro atoms. The standard InChI is InChI=1S/C25H31Cl2N3O5S/c26-23-6-1-19(17-24(23)27)18-29-10-7-20(8-11-29)25(31)28-9-14-35-21-2-4-22(5-3-21)36(32,33)30-12-15-34-16-13-30/h1-6,17,20H,7-16,18H2,(H,28,31). The first-order valence-corrected chi connectivity index (χ1v) is 14.3. The first kappa shape index (κ1) is 27.2. The third-order valence-electron chi connectivity index (χ3n) is 6.45. The highest BCUT2D eigenvalue weighted by Gasteiger charge is 2.26. The van der Waals surface area contributed by atoms with Crippen LogP contribution in [-0.4, -0.2) is 76.1 Å². The van der Waals surface area contributed by atoms with Gasteiger partial charge in [-0.2, -0.15) is 4.31 Å². The summed E-state index contributed by atoms with van der Waals surface area (Å²) in [7, 11) is -3.53. The van der Waals surface area contributed by atoms with Crippen LogP contribution in [0.25, 0.3) is 0 Å². The summed E-state index contributed by atoms with van der Waals surface area (Å²) in [4.78, 5) is 15.1. The average Bonchev–Trinajstić information content (AvgIpc) is 2.90. The van der Waals surface area contributed by atoms with Crippen molar-refractivity contribution in [1.29, 1.82) is 0 Å². The SMILES string of the molecule is O=C(NCCOc1ccc(S(=O)(=O)N2CCOCC2)cc1)C1CCN(Cc2ccc(Cl)c(Cl)c2)CC1. The molecule has 0 aliphatic carbocycles.